The van der Waals surface area contributed by atoms with Crippen LogP contribution in [0.3, 0.4) is 0 Å². The zero-order valence-electron chi connectivity index (χ0n) is 10.5. The van der Waals surface area contributed by atoms with Crippen LogP contribution in [0.25, 0.3) is 5.69 Å². The summed E-state index contributed by atoms with van der Waals surface area (Å²) in [5.74, 6) is 0.530. The number of nitrogens with one attached hydrogen (secondary N) is 1. The van der Waals surface area contributed by atoms with E-state index in [0.29, 0.717) is 18.5 Å². The number of nitrogens with two attached hydrogens (primary N) is 1. The molecule has 1 saturated carbocycles. The predicted octanol–water partition coefficient (Wildman–Crippen LogP) is 0.834. The van der Waals surface area contributed by atoms with Crippen molar-refractivity contribution in [2.75, 3.05) is 0 Å². The lowest BCUT2D eigenvalue weighted by atomic mass is 10.2. The fourth-order valence-corrected chi connectivity index (χ4v) is 1.75. The first kappa shape index (κ1) is 11.7. The van der Waals surface area contributed by atoms with Gasteiger partial charge in [0.05, 0.1) is 12.2 Å². The summed E-state index contributed by atoms with van der Waals surface area (Å²) >= 11 is 0. The zero-order chi connectivity index (χ0) is 13.1. The van der Waals surface area contributed by atoms with Gasteiger partial charge in [0.25, 0.3) is 0 Å². The van der Waals surface area contributed by atoms with Crippen molar-refractivity contribution in [1.29, 1.82) is 0 Å². The first-order valence-electron chi connectivity index (χ1n) is 6.32. The summed E-state index contributed by atoms with van der Waals surface area (Å²) in [7, 11) is 0. The molecule has 6 heteroatoms. The smallest absolute Gasteiger partial charge is 0.189 e. The second-order valence-corrected chi connectivity index (χ2v) is 4.63. The lowest BCUT2D eigenvalue weighted by Crippen LogP contribution is -2.33. The van der Waals surface area contributed by atoms with Crippen LogP contribution in [-0.4, -0.2) is 26.8 Å². The van der Waals surface area contributed by atoms with Gasteiger partial charge in [-0.05, 0) is 30.5 Å². The highest BCUT2D eigenvalue weighted by molar-refractivity contribution is 5.78. The van der Waals surface area contributed by atoms with Crippen molar-refractivity contribution in [2.45, 2.75) is 25.4 Å². The molecule has 3 N–H and O–H groups in total. The number of aromatic nitrogens is 3. The van der Waals surface area contributed by atoms with Crippen molar-refractivity contribution in [1.82, 2.24) is 20.1 Å². The second-order valence-electron chi connectivity index (χ2n) is 4.63. The van der Waals surface area contributed by atoms with Crippen molar-refractivity contribution >= 4 is 5.96 Å². The average molecular weight is 256 g/mol. The van der Waals surface area contributed by atoms with E-state index in [0.717, 1.165) is 11.3 Å². The quantitative estimate of drug-likeness (QED) is 0.627. The molecule has 0 radical (unpaired) electrons. The first-order valence-corrected chi connectivity index (χ1v) is 6.32. The Hall–Kier alpha value is -2.37. The van der Waals surface area contributed by atoms with Gasteiger partial charge in [-0.3, -0.25) is 0 Å². The monoisotopic (exact) mass is 256 g/mol. The van der Waals surface area contributed by atoms with E-state index in [-0.39, 0.29) is 0 Å². The molecule has 0 bridgehead atoms. The van der Waals surface area contributed by atoms with Crippen molar-refractivity contribution in [3.05, 3.63) is 42.5 Å². The van der Waals surface area contributed by atoms with E-state index in [1.54, 1.807) is 11.0 Å². The molecule has 2 aromatic rings. The van der Waals surface area contributed by atoms with Crippen molar-refractivity contribution in [3.8, 4) is 5.69 Å². The van der Waals surface area contributed by atoms with Gasteiger partial charge >= 0.3 is 0 Å². The normalized spacial score (nSPS) is 15.5. The first-order chi connectivity index (χ1) is 9.31. The Morgan fingerprint density at radius 2 is 2.16 bits per heavy atom. The second kappa shape index (κ2) is 5.09. The fourth-order valence-electron chi connectivity index (χ4n) is 1.75. The standard InChI is InChI=1S/C13H16N6/c14-13(18-11-3-4-11)16-7-10-1-5-12(6-2-10)19-9-15-8-17-19/h1-2,5-6,8-9,11H,3-4,7H2,(H3,14,16,18). The van der Waals surface area contributed by atoms with Crippen LogP contribution in [0.15, 0.2) is 41.9 Å². The topological polar surface area (TPSA) is 81.1 Å². The van der Waals surface area contributed by atoms with Gasteiger partial charge in [0.15, 0.2) is 5.96 Å². The molecule has 98 valence electrons. The maximum Gasteiger partial charge on any atom is 0.189 e. The zero-order valence-corrected chi connectivity index (χ0v) is 10.5. The number of guanidine groups is 1. The number of benzene rings is 1. The molecular weight excluding hydrogens is 240 g/mol. The molecule has 3 rings (SSSR count). The lowest BCUT2D eigenvalue weighted by Gasteiger charge is -2.04. The highest BCUT2D eigenvalue weighted by atomic mass is 15.3. The maximum atomic E-state index is 5.79. The van der Waals surface area contributed by atoms with Crippen LogP contribution in [0.4, 0.5) is 0 Å². The van der Waals surface area contributed by atoms with E-state index in [1.807, 2.05) is 24.3 Å². The van der Waals surface area contributed by atoms with E-state index < -0.39 is 0 Å². The van der Waals surface area contributed by atoms with Gasteiger partial charge in [0, 0.05) is 6.04 Å². The Morgan fingerprint density at radius 3 is 2.79 bits per heavy atom. The van der Waals surface area contributed by atoms with Crippen LogP contribution in [0.1, 0.15) is 18.4 Å². The lowest BCUT2D eigenvalue weighted by molar-refractivity contribution is 0.872. The Morgan fingerprint density at radius 1 is 1.37 bits per heavy atom. The Balaban J connectivity index is 1.62. The third-order valence-electron chi connectivity index (χ3n) is 2.98. The Bertz CT molecular complexity index is 553. The van der Waals surface area contributed by atoms with Crippen LogP contribution in [-0.2, 0) is 6.54 Å². The van der Waals surface area contributed by atoms with Gasteiger partial charge in [-0.1, -0.05) is 12.1 Å². The predicted molar refractivity (Wildman–Crippen MR) is 72.8 cm³/mol. The van der Waals surface area contributed by atoms with Crippen molar-refractivity contribution in [3.63, 3.8) is 0 Å². The van der Waals surface area contributed by atoms with Gasteiger partial charge in [-0.2, -0.15) is 5.10 Å². The molecule has 1 fully saturated rings. The Kier molecular flexibility index (Phi) is 3.14. The molecule has 0 saturated heterocycles. The number of aliphatic imine (C=N–C) groups is 1. The summed E-state index contributed by atoms with van der Waals surface area (Å²) in [5.41, 5.74) is 7.88. The highest BCUT2D eigenvalue weighted by Crippen LogP contribution is 2.18. The third-order valence-corrected chi connectivity index (χ3v) is 2.98. The minimum absolute atomic E-state index is 0.530. The molecule has 19 heavy (non-hydrogen) atoms. The van der Waals surface area contributed by atoms with Crippen molar-refractivity contribution in [2.24, 2.45) is 10.7 Å². The van der Waals surface area contributed by atoms with Crippen LogP contribution >= 0.6 is 0 Å². The molecule has 0 atom stereocenters. The minimum atomic E-state index is 0.530. The summed E-state index contributed by atoms with van der Waals surface area (Å²) < 4.78 is 1.72. The molecular formula is C13H16N6. The van der Waals surface area contributed by atoms with Gasteiger partial charge in [0.1, 0.15) is 12.7 Å². The van der Waals surface area contributed by atoms with Gasteiger partial charge in [-0.15, -0.1) is 0 Å². The van der Waals surface area contributed by atoms with E-state index >= 15 is 0 Å². The molecule has 0 spiro atoms. The fraction of sp³-hybridized carbons (Fsp3) is 0.308. The molecule has 0 aliphatic heterocycles. The van der Waals surface area contributed by atoms with Crippen LogP contribution < -0.4 is 11.1 Å². The number of rotatable bonds is 4. The maximum absolute atomic E-state index is 5.79. The van der Waals surface area contributed by atoms with E-state index in [9.17, 15) is 0 Å². The van der Waals surface area contributed by atoms with Gasteiger partial charge in [0.2, 0.25) is 0 Å². The van der Waals surface area contributed by atoms with E-state index in [1.165, 1.54) is 19.2 Å². The number of hydrogen-bond donors (Lipinski definition) is 2. The highest BCUT2D eigenvalue weighted by Gasteiger charge is 2.21. The Labute approximate surface area is 111 Å². The summed E-state index contributed by atoms with van der Waals surface area (Å²) in [5, 5.41) is 7.24. The third kappa shape index (κ3) is 3.09. The molecule has 1 aliphatic carbocycles. The molecule has 1 aliphatic rings. The van der Waals surface area contributed by atoms with E-state index in [2.05, 4.69) is 20.4 Å². The van der Waals surface area contributed by atoms with Crippen LogP contribution in [0.5, 0.6) is 0 Å². The van der Waals surface area contributed by atoms with Gasteiger partial charge in [-0.25, -0.2) is 14.7 Å². The molecule has 1 heterocycles. The molecule has 6 nitrogen and oxygen atoms in total. The van der Waals surface area contributed by atoms with Gasteiger partial charge < -0.3 is 11.1 Å². The molecule has 1 aromatic carbocycles. The molecule has 1 aromatic heterocycles. The SMILES string of the molecule is NC(=NCc1ccc(-n2cncn2)cc1)NC1CC1. The summed E-state index contributed by atoms with van der Waals surface area (Å²) in [6, 6.07) is 8.56. The number of hydrogen-bond acceptors (Lipinski definition) is 3. The molecule has 0 amide bonds. The minimum Gasteiger partial charge on any atom is -0.370 e. The van der Waals surface area contributed by atoms with Crippen LogP contribution in [0, 0.1) is 0 Å². The largest absolute Gasteiger partial charge is 0.370 e. The molecule has 0 unspecified atom stereocenters. The van der Waals surface area contributed by atoms with Crippen molar-refractivity contribution < 1.29 is 0 Å². The van der Waals surface area contributed by atoms with Crippen LogP contribution in [0.2, 0.25) is 0 Å². The summed E-state index contributed by atoms with van der Waals surface area (Å²) in [6.45, 7) is 0.586. The average Bonchev–Trinajstić information content (AvgIpc) is 3.07. The van der Waals surface area contributed by atoms with E-state index in [4.69, 9.17) is 5.73 Å². The summed E-state index contributed by atoms with van der Waals surface area (Å²) in [4.78, 5) is 8.23. The summed E-state index contributed by atoms with van der Waals surface area (Å²) in [6.07, 6.45) is 5.58. The number of nitrogens with zero attached hydrogens (tertiary/aromatic N) is 4.